The van der Waals surface area contributed by atoms with Crippen LogP contribution < -0.4 is 0 Å². The summed E-state index contributed by atoms with van der Waals surface area (Å²) in [7, 11) is 2.11. The van der Waals surface area contributed by atoms with E-state index in [1.807, 2.05) is 0 Å². The van der Waals surface area contributed by atoms with Crippen molar-refractivity contribution in [1.82, 2.24) is 4.90 Å². The van der Waals surface area contributed by atoms with Gasteiger partial charge in [0.2, 0.25) is 0 Å². The fraction of sp³-hybridized carbons (Fsp3) is 1.00. The zero-order valence-electron chi connectivity index (χ0n) is 4.86. The number of rotatable bonds is 2. The van der Waals surface area contributed by atoms with Crippen LogP contribution in [0.3, 0.4) is 0 Å². The summed E-state index contributed by atoms with van der Waals surface area (Å²) in [4.78, 5) is 2.25. The molecule has 0 bridgehead atoms. The highest BCUT2D eigenvalue weighted by Crippen LogP contribution is 1.73. The summed E-state index contributed by atoms with van der Waals surface area (Å²) in [6, 6.07) is 0. The van der Waals surface area contributed by atoms with Crippen LogP contribution in [0.4, 0.5) is 0 Å². The zero-order valence-corrected chi connectivity index (χ0v) is 4.86. The van der Waals surface area contributed by atoms with E-state index in [4.69, 9.17) is 0 Å². The molecule has 1 heteroatoms. The molecule has 0 aliphatic carbocycles. The first-order valence-electron chi connectivity index (χ1n) is 2.49. The van der Waals surface area contributed by atoms with Gasteiger partial charge in [0.15, 0.2) is 0 Å². The highest BCUT2D eigenvalue weighted by molar-refractivity contribution is 4.36. The van der Waals surface area contributed by atoms with E-state index in [1.165, 1.54) is 0 Å². The third kappa shape index (κ3) is 18.0. The summed E-state index contributed by atoms with van der Waals surface area (Å²) in [5, 5.41) is 0. The fourth-order valence-electron chi connectivity index (χ4n) is 0.224. The predicted molar refractivity (Wildman–Crippen MR) is 49.0 cm³/mol. The van der Waals surface area contributed by atoms with E-state index < -0.39 is 0 Å². The van der Waals surface area contributed by atoms with Crippen LogP contribution in [0.15, 0.2) is 0 Å². The van der Waals surface area contributed by atoms with E-state index in [9.17, 15) is 0 Å². The Morgan fingerprint density at radius 3 is 1.11 bits per heavy atom. The molecule has 0 amide bonds. The van der Waals surface area contributed by atoms with Gasteiger partial charge in [0, 0.05) is 0 Å². The summed E-state index contributed by atoms with van der Waals surface area (Å²) in [6.45, 7) is 6.64. The van der Waals surface area contributed by atoms with Crippen molar-refractivity contribution in [1.29, 1.82) is 0 Å². The predicted octanol–water partition coefficient (Wildman–Crippen LogP) is 2.87. The maximum absolute atomic E-state index is 2.25. The highest BCUT2D eigenvalue weighted by atomic mass is 15.1. The Morgan fingerprint density at radius 2 is 1.11 bits per heavy atom. The first kappa shape index (κ1) is 23.1. The maximum atomic E-state index is 2.25. The summed E-state index contributed by atoms with van der Waals surface area (Å²) in [6.07, 6.45) is 0. The lowest BCUT2D eigenvalue weighted by Gasteiger charge is -2.07. The van der Waals surface area contributed by atoms with Crippen LogP contribution in [-0.2, 0) is 0 Å². The van der Waals surface area contributed by atoms with Crippen LogP contribution in [0, 0.1) is 0 Å². The second-order valence-corrected chi connectivity index (χ2v) is 1.49. The third-order valence-corrected chi connectivity index (χ3v) is 1.08. The standard InChI is InChI=1S/C5H13N.3CH4/c1-4-6(3)5-2;;;/h4-5H2,1-3H3;3*1H4. The van der Waals surface area contributed by atoms with Gasteiger partial charge in [-0.15, -0.1) is 0 Å². The van der Waals surface area contributed by atoms with Crippen LogP contribution in [0.2, 0.25) is 0 Å². The minimum atomic E-state index is 0. The van der Waals surface area contributed by atoms with Crippen molar-refractivity contribution in [2.45, 2.75) is 36.1 Å². The van der Waals surface area contributed by atoms with Gasteiger partial charge >= 0.3 is 0 Å². The molecule has 0 saturated carbocycles. The third-order valence-electron chi connectivity index (χ3n) is 1.08. The van der Waals surface area contributed by atoms with Crippen LogP contribution in [0.1, 0.15) is 36.1 Å². The molecule has 0 heterocycles. The lowest BCUT2D eigenvalue weighted by atomic mass is 10.6. The van der Waals surface area contributed by atoms with E-state index in [0.717, 1.165) is 13.1 Å². The van der Waals surface area contributed by atoms with Crippen molar-refractivity contribution in [3.8, 4) is 0 Å². The summed E-state index contributed by atoms with van der Waals surface area (Å²) in [5.41, 5.74) is 0. The van der Waals surface area contributed by atoms with Gasteiger partial charge in [-0.1, -0.05) is 36.1 Å². The van der Waals surface area contributed by atoms with Gasteiger partial charge in [-0.05, 0) is 20.1 Å². The Hall–Kier alpha value is -0.0400. The number of hydrogen-bond acceptors (Lipinski definition) is 1. The molecule has 9 heavy (non-hydrogen) atoms. The van der Waals surface area contributed by atoms with Crippen LogP contribution in [-0.4, -0.2) is 25.0 Å². The average molecular weight is 135 g/mol. The van der Waals surface area contributed by atoms with Gasteiger partial charge in [0.1, 0.15) is 0 Å². The lowest BCUT2D eigenvalue weighted by Crippen LogP contribution is -2.15. The van der Waals surface area contributed by atoms with Crippen LogP contribution in [0.25, 0.3) is 0 Å². The van der Waals surface area contributed by atoms with Crippen molar-refractivity contribution in [2.75, 3.05) is 20.1 Å². The Balaban J connectivity index is -0.0000000417. The second-order valence-electron chi connectivity index (χ2n) is 1.49. The Morgan fingerprint density at radius 1 is 0.889 bits per heavy atom. The van der Waals surface area contributed by atoms with Crippen LogP contribution >= 0.6 is 0 Å². The average Bonchev–Trinajstić information content (AvgIpc) is 1.65. The summed E-state index contributed by atoms with van der Waals surface area (Å²) >= 11 is 0. The number of nitrogens with zero attached hydrogens (tertiary/aromatic N) is 1. The molecular formula is C8H25N. The molecule has 0 aromatic heterocycles. The molecule has 0 aliphatic rings. The largest absolute Gasteiger partial charge is 0.307 e. The van der Waals surface area contributed by atoms with Gasteiger partial charge in [0.25, 0.3) is 0 Å². The van der Waals surface area contributed by atoms with Gasteiger partial charge in [-0.3, -0.25) is 0 Å². The van der Waals surface area contributed by atoms with Gasteiger partial charge in [-0.25, -0.2) is 0 Å². The van der Waals surface area contributed by atoms with Gasteiger partial charge in [0.05, 0.1) is 0 Å². The minimum absolute atomic E-state index is 0. The molecule has 1 nitrogen and oxygen atoms in total. The molecule has 0 aromatic carbocycles. The normalized spacial score (nSPS) is 6.67. The molecule has 0 aliphatic heterocycles. The molecule has 0 fully saturated rings. The monoisotopic (exact) mass is 135 g/mol. The topological polar surface area (TPSA) is 3.24 Å². The van der Waals surface area contributed by atoms with Crippen molar-refractivity contribution < 1.29 is 0 Å². The number of hydrogen-bond donors (Lipinski definition) is 0. The SMILES string of the molecule is C.C.C.CCN(C)CC. The van der Waals surface area contributed by atoms with E-state index in [-0.39, 0.29) is 22.3 Å². The molecule has 0 saturated heterocycles. The quantitative estimate of drug-likeness (QED) is 0.563. The second kappa shape index (κ2) is 15.7. The molecule has 0 unspecified atom stereocenters. The van der Waals surface area contributed by atoms with Gasteiger partial charge in [-0.2, -0.15) is 0 Å². The van der Waals surface area contributed by atoms with E-state index in [1.54, 1.807) is 0 Å². The highest BCUT2D eigenvalue weighted by Gasteiger charge is 1.81. The summed E-state index contributed by atoms with van der Waals surface area (Å²) < 4.78 is 0. The first-order valence-corrected chi connectivity index (χ1v) is 2.49. The fourth-order valence-corrected chi connectivity index (χ4v) is 0.224. The molecule has 0 radical (unpaired) electrons. The molecule has 0 atom stereocenters. The zero-order chi connectivity index (χ0) is 4.99. The minimum Gasteiger partial charge on any atom is -0.307 e. The molecular weight excluding hydrogens is 110 g/mol. The molecule has 0 spiro atoms. The molecule has 0 rings (SSSR count). The Kier molecular flexibility index (Phi) is 40.2. The van der Waals surface area contributed by atoms with Crippen molar-refractivity contribution in [2.24, 2.45) is 0 Å². The van der Waals surface area contributed by atoms with Crippen molar-refractivity contribution in [3.63, 3.8) is 0 Å². The van der Waals surface area contributed by atoms with Gasteiger partial charge < -0.3 is 4.90 Å². The van der Waals surface area contributed by atoms with Crippen molar-refractivity contribution >= 4 is 0 Å². The smallest absolute Gasteiger partial charge is 0.00504 e. The Bertz CT molecular complexity index is 23.7. The molecule has 62 valence electrons. The van der Waals surface area contributed by atoms with E-state index in [2.05, 4.69) is 25.8 Å². The molecule has 0 N–H and O–H groups in total. The first-order chi connectivity index (χ1) is 2.81. The summed E-state index contributed by atoms with van der Waals surface area (Å²) in [5.74, 6) is 0. The van der Waals surface area contributed by atoms with E-state index in [0.29, 0.717) is 0 Å². The Labute approximate surface area is 62.1 Å². The van der Waals surface area contributed by atoms with Crippen molar-refractivity contribution in [3.05, 3.63) is 0 Å². The van der Waals surface area contributed by atoms with Crippen LogP contribution in [0.5, 0.6) is 0 Å². The maximum Gasteiger partial charge on any atom is -0.00504 e. The van der Waals surface area contributed by atoms with E-state index >= 15 is 0 Å². The lowest BCUT2D eigenvalue weighted by molar-refractivity contribution is 0.373. The molecule has 0 aromatic rings.